The molecule has 0 bridgehead atoms. The third kappa shape index (κ3) is 3.54. The standard InChI is InChI=1S/C19H26N6O2/c1-3-14-12-24(9-7-20-14)11-13-4-5-15-16(10-13)23(2)22-18(15)25-8-6-17(26)21-19(25)27/h4-5,10,14,20H,3,6-9,11-12H2,1-2H3,(H,21,26,27)/t14-/m0/s1. The molecule has 2 N–H and O–H groups in total. The summed E-state index contributed by atoms with van der Waals surface area (Å²) in [5.74, 6) is 0.373. The molecule has 2 aromatic rings. The van der Waals surface area contributed by atoms with Crippen LogP contribution in [0, 0.1) is 0 Å². The van der Waals surface area contributed by atoms with Crippen LogP contribution in [0.15, 0.2) is 18.2 Å². The van der Waals surface area contributed by atoms with Crippen molar-refractivity contribution in [3.63, 3.8) is 0 Å². The Bertz CT molecular complexity index is 876. The van der Waals surface area contributed by atoms with E-state index >= 15 is 0 Å². The number of anilines is 1. The molecule has 2 saturated heterocycles. The minimum absolute atomic E-state index is 0.236. The van der Waals surface area contributed by atoms with Gasteiger partial charge in [0.15, 0.2) is 5.82 Å². The van der Waals surface area contributed by atoms with Gasteiger partial charge in [0.25, 0.3) is 0 Å². The van der Waals surface area contributed by atoms with E-state index in [4.69, 9.17) is 0 Å². The number of urea groups is 1. The number of piperazine rings is 1. The van der Waals surface area contributed by atoms with E-state index < -0.39 is 6.03 Å². The fraction of sp³-hybridized carbons (Fsp3) is 0.526. The molecule has 1 atom stereocenters. The minimum Gasteiger partial charge on any atom is -0.311 e. The van der Waals surface area contributed by atoms with Crippen LogP contribution in [0.3, 0.4) is 0 Å². The first-order valence-corrected chi connectivity index (χ1v) is 9.58. The van der Waals surface area contributed by atoms with Gasteiger partial charge in [0.2, 0.25) is 5.91 Å². The van der Waals surface area contributed by atoms with Crippen molar-refractivity contribution in [3.05, 3.63) is 23.8 Å². The summed E-state index contributed by atoms with van der Waals surface area (Å²) in [6.07, 6.45) is 1.44. The second kappa shape index (κ2) is 7.28. The molecule has 0 radical (unpaired) electrons. The van der Waals surface area contributed by atoms with Gasteiger partial charge in [0.05, 0.1) is 5.52 Å². The van der Waals surface area contributed by atoms with Gasteiger partial charge in [0, 0.05) is 57.6 Å². The highest BCUT2D eigenvalue weighted by molar-refractivity contribution is 6.08. The third-order valence-electron chi connectivity index (χ3n) is 5.44. The number of carbonyl (C=O) groups excluding carboxylic acids is 2. The molecule has 3 heterocycles. The van der Waals surface area contributed by atoms with Crippen molar-refractivity contribution in [2.45, 2.75) is 32.4 Å². The summed E-state index contributed by atoms with van der Waals surface area (Å²) in [7, 11) is 1.89. The summed E-state index contributed by atoms with van der Waals surface area (Å²) < 4.78 is 1.81. The number of fused-ring (bicyclic) bond motifs is 1. The van der Waals surface area contributed by atoms with Gasteiger partial charge in [-0.2, -0.15) is 5.10 Å². The second-order valence-electron chi connectivity index (χ2n) is 7.35. The number of rotatable bonds is 4. The Labute approximate surface area is 158 Å². The van der Waals surface area contributed by atoms with Crippen LogP contribution in [-0.2, 0) is 18.4 Å². The molecule has 2 fully saturated rings. The summed E-state index contributed by atoms with van der Waals surface area (Å²) >= 11 is 0. The van der Waals surface area contributed by atoms with Crippen LogP contribution < -0.4 is 15.5 Å². The van der Waals surface area contributed by atoms with Crippen molar-refractivity contribution >= 4 is 28.7 Å². The molecule has 0 saturated carbocycles. The Balaban J connectivity index is 1.57. The molecule has 144 valence electrons. The molecule has 2 aliphatic rings. The van der Waals surface area contributed by atoms with Gasteiger partial charge in [-0.25, -0.2) is 4.79 Å². The quantitative estimate of drug-likeness (QED) is 0.845. The number of hydrogen-bond acceptors (Lipinski definition) is 5. The van der Waals surface area contributed by atoms with Gasteiger partial charge < -0.3 is 5.32 Å². The van der Waals surface area contributed by atoms with Crippen LogP contribution in [0.1, 0.15) is 25.3 Å². The summed E-state index contributed by atoms with van der Waals surface area (Å²) in [4.78, 5) is 27.6. The minimum atomic E-state index is -0.401. The number of nitrogens with one attached hydrogen (secondary N) is 2. The Hall–Kier alpha value is -2.45. The molecule has 3 amide bonds. The van der Waals surface area contributed by atoms with E-state index in [0.717, 1.165) is 43.5 Å². The van der Waals surface area contributed by atoms with Gasteiger partial charge in [-0.05, 0) is 24.1 Å². The van der Waals surface area contributed by atoms with Crippen LogP contribution in [0.4, 0.5) is 10.6 Å². The van der Waals surface area contributed by atoms with Crippen LogP contribution in [0.5, 0.6) is 0 Å². The zero-order valence-corrected chi connectivity index (χ0v) is 15.9. The molecule has 0 unspecified atom stereocenters. The number of benzene rings is 1. The summed E-state index contributed by atoms with van der Waals surface area (Å²) in [6.45, 7) is 6.62. The fourth-order valence-electron chi connectivity index (χ4n) is 3.92. The van der Waals surface area contributed by atoms with Crippen molar-refractivity contribution in [1.82, 2.24) is 25.3 Å². The maximum Gasteiger partial charge on any atom is 0.329 e. The Morgan fingerprint density at radius 1 is 1.26 bits per heavy atom. The lowest BCUT2D eigenvalue weighted by molar-refractivity contribution is -0.120. The lowest BCUT2D eigenvalue weighted by Crippen LogP contribution is -2.49. The SMILES string of the molecule is CC[C@H]1CN(Cc2ccc3c(N4CCC(=O)NC4=O)nn(C)c3c2)CCN1. The van der Waals surface area contributed by atoms with Crippen molar-refractivity contribution in [3.8, 4) is 0 Å². The van der Waals surface area contributed by atoms with Crippen molar-refractivity contribution in [2.24, 2.45) is 7.05 Å². The Morgan fingerprint density at radius 2 is 2.11 bits per heavy atom. The zero-order valence-electron chi connectivity index (χ0n) is 15.9. The van der Waals surface area contributed by atoms with E-state index in [1.165, 1.54) is 5.56 Å². The van der Waals surface area contributed by atoms with Gasteiger partial charge in [-0.15, -0.1) is 0 Å². The number of carbonyl (C=O) groups is 2. The Kier molecular flexibility index (Phi) is 4.84. The van der Waals surface area contributed by atoms with Crippen molar-refractivity contribution in [2.75, 3.05) is 31.1 Å². The maximum atomic E-state index is 12.2. The molecule has 0 aliphatic carbocycles. The summed E-state index contributed by atoms with van der Waals surface area (Å²) in [5, 5.41) is 11.4. The van der Waals surface area contributed by atoms with Gasteiger partial charge in [-0.1, -0.05) is 13.0 Å². The van der Waals surface area contributed by atoms with Crippen LogP contribution in [0.2, 0.25) is 0 Å². The number of aryl methyl sites for hydroxylation is 1. The molecular formula is C19H26N6O2. The van der Waals surface area contributed by atoms with Crippen LogP contribution >= 0.6 is 0 Å². The van der Waals surface area contributed by atoms with Crippen LogP contribution in [-0.4, -0.2) is 58.8 Å². The van der Waals surface area contributed by atoms with Gasteiger partial charge in [-0.3, -0.25) is 24.6 Å². The number of imide groups is 1. The lowest BCUT2D eigenvalue weighted by atomic mass is 10.1. The van der Waals surface area contributed by atoms with E-state index in [-0.39, 0.29) is 5.91 Å². The number of aromatic nitrogens is 2. The third-order valence-corrected chi connectivity index (χ3v) is 5.44. The average molecular weight is 370 g/mol. The molecule has 8 nitrogen and oxygen atoms in total. The highest BCUT2D eigenvalue weighted by Crippen LogP contribution is 2.28. The molecule has 1 aromatic carbocycles. The second-order valence-corrected chi connectivity index (χ2v) is 7.35. The molecule has 27 heavy (non-hydrogen) atoms. The van der Waals surface area contributed by atoms with E-state index in [1.54, 1.807) is 4.90 Å². The van der Waals surface area contributed by atoms with E-state index in [2.05, 4.69) is 39.7 Å². The maximum absolute atomic E-state index is 12.2. The first kappa shape index (κ1) is 17.9. The van der Waals surface area contributed by atoms with E-state index in [9.17, 15) is 9.59 Å². The number of hydrogen-bond donors (Lipinski definition) is 2. The smallest absolute Gasteiger partial charge is 0.311 e. The molecule has 8 heteroatoms. The molecule has 1 aromatic heterocycles. The molecule has 0 spiro atoms. The van der Waals surface area contributed by atoms with E-state index in [0.29, 0.717) is 24.8 Å². The zero-order chi connectivity index (χ0) is 19.0. The predicted molar refractivity (Wildman–Crippen MR) is 104 cm³/mol. The van der Waals surface area contributed by atoms with Crippen molar-refractivity contribution in [1.29, 1.82) is 0 Å². The normalized spacial score (nSPS) is 21.7. The summed E-state index contributed by atoms with van der Waals surface area (Å²) in [5.41, 5.74) is 2.24. The molecule has 2 aliphatic heterocycles. The largest absolute Gasteiger partial charge is 0.329 e. The number of amides is 3. The highest BCUT2D eigenvalue weighted by atomic mass is 16.2. The predicted octanol–water partition coefficient (Wildman–Crippen LogP) is 1.20. The molecule has 4 rings (SSSR count). The highest BCUT2D eigenvalue weighted by Gasteiger charge is 2.28. The summed E-state index contributed by atoms with van der Waals surface area (Å²) in [6, 6.07) is 6.47. The average Bonchev–Trinajstić information content (AvgIpc) is 2.98. The van der Waals surface area contributed by atoms with Crippen molar-refractivity contribution < 1.29 is 9.59 Å². The number of nitrogens with zero attached hydrogens (tertiary/aromatic N) is 4. The van der Waals surface area contributed by atoms with Crippen LogP contribution in [0.25, 0.3) is 10.9 Å². The molecular weight excluding hydrogens is 344 g/mol. The van der Waals surface area contributed by atoms with Gasteiger partial charge >= 0.3 is 6.03 Å². The lowest BCUT2D eigenvalue weighted by Gasteiger charge is -2.33. The fourth-order valence-corrected chi connectivity index (χ4v) is 3.92. The monoisotopic (exact) mass is 370 g/mol. The first-order chi connectivity index (χ1) is 13.0. The topological polar surface area (TPSA) is 82.5 Å². The first-order valence-electron chi connectivity index (χ1n) is 9.58. The Morgan fingerprint density at radius 3 is 2.89 bits per heavy atom. The van der Waals surface area contributed by atoms with E-state index in [1.807, 2.05) is 17.8 Å². The van der Waals surface area contributed by atoms with Gasteiger partial charge in [0.1, 0.15) is 0 Å².